The largest absolute Gasteiger partial charge is 0.322 e. The van der Waals surface area contributed by atoms with Crippen molar-refractivity contribution in [2.45, 2.75) is 11.6 Å². The first kappa shape index (κ1) is 10.4. The Kier molecular flexibility index (Phi) is 2.65. The molecule has 1 aromatic rings. The Morgan fingerprint density at radius 2 is 1.80 bits per heavy atom. The fourth-order valence-corrected chi connectivity index (χ4v) is 1.82. The molecule has 0 bridgehead atoms. The first-order valence-corrected chi connectivity index (χ1v) is 5.17. The number of rotatable bonds is 1. The molecule has 0 aliphatic heterocycles. The topological polar surface area (TPSA) is 52.0 Å². The number of allylic oxidation sites excluding steroid dienone is 2. The van der Waals surface area contributed by atoms with E-state index in [1.165, 1.54) is 0 Å². The second-order valence-corrected chi connectivity index (χ2v) is 4.15. The quantitative estimate of drug-likeness (QED) is 0.760. The molecule has 0 amide bonds. The molecular weight excluding hydrogens is 208 g/mol. The highest BCUT2D eigenvalue weighted by Gasteiger charge is 2.31. The zero-order chi connectivity index (χ0) is 10.9. The van der Waals surface area contributed by atoms with Crippen LogP contribution in [0, 0.1) is 0 Å². The molecule has 78 valence electrons. The van der Waals surface area contributed by atoms with E-state index in [0.717, 1.165) is 5.56 Å². The minimum atomic E-state index is -0.626. The molecule has 2 unspecified atom stereocenters. The molecule has 0 saturated heterocycles. The van der Waals surface area contributed by atoms with Crippen molar-refractivity contribution >= 4 is 11.6 Å². The van der Waals surface area contributed by atoms with Crippen molar-refractivity contribution in [3.05, 3.63) is 59.2 Å². The standard InChI is InChI=1S/C12H13ClN2/c13-10-6-4-9(5-7-10)12(15)8-2-1-3-11(12)14/h1-8,11H,14-15H2. The smallest absolute Gasteiger partial charge is 0.0788 e. The third-order valence-electron chi connectivity index (χ3n) is 2.70. The van der Waals surface area contributed by atoms with Crippen LogP contribution in [0.5, 0.6) is 0 Å². The molecule has 3 heteroatoms. The van der Waals surface area contributed by atoms with Crippen molar-refractivity contribution in [1.29, 1.82) is 0 Å². The van der Waals surface area contributed by atoms with Crippen LogP contribution in [0.3, 0.4) is 0 Å². The molecule has 15 heavy (non-hydrogen) atoms. The summed E-state index contributed by atoms with van der Waals surface area (Å²) in [5.74, 6) is 0. The van der Waals surface area contributed by atoms with Gasteiger partial charge in [0.25, 0.3) is 0 Å². The van der Waals surface area contributed by atoms with Crippen molar-refractivity contribution in [1.82, 2.24) is 0 Å². The maximum atomic E-state index is 6.27. The lowest BCUT2D eigenvalue weighted by Gasteiger charge is -2.33. The van der Waals surface area contributed by atoms with E-state index < -0.39 is 5.54 Å². The van der Waals surface area contributed by atoms with E-state index >= 15 is 0 Å². The van der Waals surface area contributed by atoms with Crippen molar-refractivity contribution in [2.24, 2.45) is 11.5 Å². The summed E-state index contributed by atoms with van der Waals surface area (Å²) in [5.41, 5.74) is 12.6. The van der Waals surface area contributed by atoms with E-state index in [-0.39, 0.29) is 6.04 Å². The minimum Gasteiger partial charge on any atom is -0.322 e. The summed E-state index contributed by atoms with van der Waals surface area (Å²) in [5, 5.41) is 0.700. The van der Waals surface area contributed by atoms with Crippen molar-refractivity contribution in [3.8, 4) is 0 Å². The third-order valence-corrected chi connectivity index (χ3v) is 2.95. The highest BCUT2D eigenvalue weighted by Crippen LogP contribution is 2.27. The lowest BCUT2D eigenvalue weighted by atomic mass is 9.81. The van der Waals surface area contributed by atoms with Gasteiger partial charge >= 0.3 is 0 Å². The molecule has 0 spiro atoms. The van der Waals surface area contributed by atoms with E-state index in [2.05, 4.69) is 0 Å². The molecule has 0 fully saturated rings. The molecule has 2 nitrogen and oxygen atoms in total. The summed E-state index contributed by atoms with van der Waals surface area (Å²) in [4.78, 5) is 0. The number of halogens is 1. The van der Waals surface area contributed by atoms with Gasteiger partial charge in [-0.1, -0.05) is 48.0 Å². The van der Waals surface area contributed by atoms with E-state index in [1.54, 1.807) is 0 Å². The molecule has 1 aromatic carbocycles. The van der Waals surface area contributed by atoms with Gasteiger partial charge in [-0.2, -0.15) is 0 Å². The van der Waals surface area contributed by atoms with Gasteiger partial charge in [-0.25, -0.2) is 0 Å². The van der Waals surface area contributed by atoms with E-state index in [0.29, 0.717) is 5.02 Å². The van der Waals surface area contributed by atoms with Gasteiger partial charge in [0.2, 0.25) is 0 Å². The molecule has 2 atom stereocenters. The van der Waals surface area contributed by atoms with Crippen molar-refractivity contribution in [2.75, 3.05) is 0 Å². The van der Waals surface area contributed by atoms with Gasteiger partial charge in [0.1, 0.15) is 0 Å². The molecule has 1 aliphatic rings. The van der Waals surface area contributed by atoms with Crippen LogP contribution in [0.1, 0.15) is 5.56 Å². The maximum Gasteiger partial charge on any atom is 0.0788 e. The van der Waals surface area contributed by atoms with Crippen LogP contribution in [0.25, 0.3) is 0 Å². The normalized spacial score (nSPS) is 29.4. The summed E-state index contributed by atoms with van der Waals surface area (Å²) in [6, 6.07) is 7.26. The Labute approximate surface area is 94.2 Å². The summed E-state index contributed by atoms with van der Waals surface area (Å²) < 4.78 is 0. The Hall–Kier alpha value is -1.09. The van der Waals surface area contributed by atoms with E-state index in [9.17, 15) is 0 Å². The average molecular weight is 221 g/mol. The van der Waals surface area contributed by atoms with Crippen LogP contribution in [-0.4, -0.2) is 6.04 Å². The van der Waals surface area contributed by atoms with Gasteiger partial charge < -0.3 is 11.5 Å². The lowest BCUT2D eigenvalue weighted by molar-refractivity contribution is 0.492. The highest BCUT2D eigenvalue weighted by atomic mass is 35.5. The average Bonchev–Trinajstić information content (AvgIpc) is 2.23. The fraction of sp³-hybridized carbons (Fsp3) is 0.167. The monoisotopic (exact) mass is 220 g/mol. The molecule has 0 radical (unpaired) electrons. The zero-order valence-electron chi connectivity index (χ0n) is 8.23. The number of hydrogen-bond donors (Lipinski definition) is 2. The van der Waals surface area contributed by atoms with Crippen LogP contribution in [0.4, 0.5) is 0 Å². The predicted octanol–water partition coefficient (Wildman–Crippen LogP) is 1.95. The van der Waals surface area contributed by atoms with Gasteiger partial charge in [-0.05, 0) is 17.7 Å². The summed E-state index contributed by atoms with van der Waals surface area (Å²) in [6.07, 6.45) is 7.64. The Bertz CT molecular complexity index is 408. The fourth-order valence-electron chi connectivity index (χ4n) is 1.70. The molecule has 0 aromatic heterocycles. The van der Waals surface area contributed by atoms with Crippen LogP contribution in [0.15, 0.2) is 48.6 Å². The Morgan fingerprint density at radius 3 is 2.40 bits per heavy atom. The van der Waals surface area contributed by atoms with Crippen molar-refractivity contribution < 1.29 is 0 Å². The molecule has 2 rings (SSSR count). The summed E-state index contributed by atoms with van der Waals surface area (Å²) in [6.45, 7) is 0. The zero-order valence-corrected chi connectivity index (χ0v) is 8.98. The number of benzene rings is 1. The van der Waals surface area contributed by atoms with Gasteiger partial charge in [0.05, 0.1) is 5.54 Å². The minimum absolute atomic E-state index is 0.205. The van der Waals surface area contributed by atoms with Crippen LogP contribution < -0.4 is 11.5 Å². The van der Waals surface area contributed by atoms with E-state index in [1.807, 2.05) is 48.6 Å². The second kappa shape index (κ2) is 3.81. The SMILES string of the molecule is NC1C=CC=CC1(N)c1ccc(Cl)cc1. The van der Waals surface area contributed by atoms with E-state index in [4.69, 9.17) is 23.1 Å². The first-order chi connectivity index (χ1) is 7.13. The molecule has 0 saturated carbocycles. The second-order valence-electron chi connectivity index (χ2n) is 3.71. The summed E-state index contributed by atoms with van der Waals surface area (Å²) in [7, 11) is 0. The van der Waals surface area contributed by atoms with Crippen LogP contribution in [-0.2, 0) is 5.54 Å². The van der Waals surface area contributed by atoms with Crippen LogP contribution in [0.2, 0.25) is 5.02 Å². The maximum absolute atomic E-state index is 6.27. The van der Waals surface area contributed by atoms with Gasteiger partial charge in [-0.3, -0.25) is 0 Å². The molecular formula is C12H13ClN2. The first-order valence-electron chi connectivity index (χ1n) is 4.79. The number of nitrogens with two attached hydrogens (primary N) is 2. The van der Waals surface area contributed by atoms with Gasteiger partial charge in [0, 0.05) is 11.1 Å². The van der Waals surface area contributed by atoms with Crippen molar-refractivity contribution in [3.63, 3.8) is 0 Å². The highest BCUT2D eigenvalue weighted by molar-refractivity contribution is 6.30. The summed E-state index contributed by atoms with van der Waals surface area (Å²) >= 11 is 5.83. The predicted molar refractivity (Wildman–Crippen MR) is 63.6 cm³/mol. The number of hydrogen-bond acceptors (Lipinski definition) is 2. The van der Waals surface area contributed by atoms with Crippen LogP contribution >= 0.6 is 11.6 Å². The third kappa shape index (κ3) is 1.84. The van der Waals surface area contributed by atoms with Gasteiger partial charge in [0.15, 0.2) is 0 Å². The van der Waals surface area contributed by atoms with Gasteiger partial charge in [-0.15, -0.1) is 0 Å². The molecule has 1 aliphatic carbocycles. The lowest BCUT2D eigenvalue weighted by Crippen LogP contribution is -2.50. The molecule has 0 heterocycles. The molecule has 4 N–H and O–H groups in total. The Morgan fingerprint density at radius 1 is 1.13 bits per heavy atom. The Balaban J connectivity index is 2.41.